The van der Waals surface area contributed by atoms with Gasteiger partial charge >= 0.3 is 0 Å². The van der Waals surface area contributed by atoms with E-state index in [4.69, 9.17) is 15.2 Å². The molecule has 9 N–H and O–H groups in total. The monoisotopic (exact) mass is 1130 g/mol. The van der Waals surface area contributed by atoms with Gasteiger partial charge in [0.2, 0.25) is 23.6 Å². The van der Waals surface area contributed by atoms with E-state index in [0.717, 1.165) is 27.4 Å². The number of aromatic amines is 2. The highest BCUT2D eigenvalue weighted by Gasteiger charge is 2.36. The van der Waals surface area contributed by atoms with Gasteiger partial charge in [-0.25, -0.2) is 0 Å². The van der Waals surface area contributed by atoms with Crippen LogP contribution in [0.5, 0.6) is 11.5 Å². The number of methoxy groups -OCH3 is 2. The molecule has 2 fully saturated rings. The van der Waals surface area contributed by atoms with E-state index in [1.807, 2.05) is 139 Å². The summed E-state index contributed by atoms with van der Waals surface area (Å²) in [5, 5.41) is 26.6. The van der Waals surface area contributed by atoms with E-state index in [2.05, 4.69) is 42.6 Å². The molecule has 2 aromatic heterocycles. The molecule has 83 heavy (non-hydrogen) atoms. The van der Waals surface area contributed by atoms with Gasteiger partial charge in [-0.15, -0.1) is 0 Å². The largest absolute Gasteiger partial charge is 0.496 e. The zero-order valence-electron chi connectivity index (χ0n) is 49.1. The lowest BCUT2D eigenvalue weighted by molar-refractivity contribution is -0.129. The first kappa shape index (κ1) is 64.0. The molecule has 4 aromatic carbocycles. The number of amides is 4. The predicted octanol–water partition coefficient (Wildman–Crippen LogP) is 8.99. The van der Waals surface area contributed by atoms with E-state index in [1.54, 1.807) is 26.4 Å². The van der Waals surface area contributed by atoms with Gasteiger partial charge in [-0.1, -0.05) is 100 Å². The number of benzene rings is 4. The van der Waals surface area contributed by atoms with Crippen molar-refractivity contribution in [3.63, 3.8) is 0 Å². The number of hydrogen-bond acceptors (Lipinski definition) is 12. The zero-order chi connectivity index (χ0) is 60.2. The normalized spacial score (nSPS) is 17.2. The highest BCUT2D eigenvalue weighted by atomic mass is 16.5. The molecule has 2 aliphatic heterocycles. The van der Waals surface area contributed by atoms with Crippen LogP contribution in [0.25, 0.3) is 21.8 Å². The summed E-state index contributed by atoms with van der Waals surface area (Å²) in [7, 11) is 3.16. The van der Waals surface area contributed by atoms with Gasteiger partial charge < -0.3 is 51.2 Å². The van der Waals surface area contributed by atoms with Crippen molar-refractivity contribution in [2.75, 3.05) is 27.3 Å². The molecule has 8 rings (SSSR count). The van der Waals surface area contributed by atoms with Crippen molar-refractivity contribution in [3.05, 3.63) is 132 Å². The number of aromatic nitrogens is 2. The number of nitriles is 1. The van der Waals surface area contributed by atoms with Gasteiger partial charge in [0, 0.05) is 83.5 Å². The van der Waals surface area contributed by atoms with Crippen LogP contribution in [0.15, 0.2) is 109 Å². The van der Waals surface area contributed by atoms with Crippen LogP contribution in [0.3, 0.4) is 0 Å². The summed E-state index contributed by atoms with van der Waals surface area (Å²) in [4.78, 5) is 95.4. The Morgan fingerprint density at radius 1 is 0.651 bits per heavy atom. The van der Waals surface area contributed by atoms with Crippen LogP contribution in [0.2, 0.25) is 0 Å². The predicted molar refractivity (Wildman–Crippen MR) is 321 cm³/mol. The molecule has 2 saturated heterocycles. The standard InChI is InChI=1S/C33H41N5O4.C24H31N3O5.C8H11N/c1-20(2)15-24(17-30(39)28-18-25-26(37-28)11-8-12-31(25)42-4)33(41)38-27(16-23-13-14-35-32(23)40)29(19-34)36-21(3)22-9-6-5-7-10-22;1-14(2)9-16(24(31)26-17(13-28)10-15-7-8-25-23(15)30)11-21(29)20-12-18-19(27-20)5-4-6-22(18)32-3;1-7(9)8-5-3-2-4-6-8/h5-12,18,20-21,23-24,27,29,36-37H,13-17H2,1-4H3,(H,35,40)(H,38,41);4-6,12-17,27H,7-11H2,1-3H3,(H,25,30)(H,26,31);2-7H,9H2,1H3/t21-,23-,24+,27-,29?;15-,16+,17-;7-/m000/s1. The van der Waals surface area contributed by atoms with E-state index in [-0.39, 0.29) is 90.2 Å². The summed E-state index contributed by atoms with van der Waals surface area (Å²) in [5.41, 5.74) is 10.2. The van der Waals surface area contributed by atoms with E-state index in [9.17, 15) is 38.8 Å². The van der Waals surface area contributed by atoms with Gasteiger partial charge in [-0.2, -0.15) is 5.26 Å². The van der Waals surface area contributed by atoms with Crippen LogP contribution in [0.1, 0.15) is 137 Å². The molecule has 9 atom stereocenters. The summed E-state index contributed by atoms with van der Waals surface area (Å²) in [6, 6.07) is 34.6. The summed E-state index contributed by atoms with van der Waals surface area (Å²) in [6.07, 6.45) is 3.61. The average Bonchev–Trinajstić information content (AvgIpc) is 4.46. The molecular formula is C65H83N9O9. The first-order chi connectivity index (χ1) is 39.8. The van der Waals surface area contributed by atoms with E-state index < -0.39 is 30.0 Å². The Labute approximate surface area is 487 Å². The maximum Gasteiger partial charge on any atom is 0.224 e. The molecule has 0 aliphatic carbocycles. The number of nitrogens with zero attached hydrogens (tertiary/aromatic N) is 1. The smallest absolute Gasteiger partial charge is 0.224 e. The Hall–Kier alpha value is -8.14. The molecule has 6 aromatic rings. The molecule has 0 radical (unpaired) electrons. The number of nitrogens with one attached hydrogen (secondary N) is 7. The van der Waals surface area contributed by atoms with Gasteiger partial charge in [0.05, 0.1) is 43.8 Å². The van der Waals surface area contributed by atoms with Crippen molar-refractivity contribution in [1.82, 2.24) is 36.6 Å². The fraction of sp³-hybridized carbons (Fsp3) is 0.446. The molecule has 18 heteroatoms. The second-order valence-corrected chi connectivity index (χ2v) is 22.6. The van der Waals surface area contributed by atoms with Crippen LogP contribution in [-0.2, 0) is 24.0 Å². The first-order valence-corrected chi connectivity index (χ1v) is 28.8. The number of carbonyl (C=O) groups excluding carboxylic acids is 7. The number of hydrogen-bond donors (Lipinski definition) is 8. The number of fused-ring (bicyclic) bond motifs is 2. The maximum atomic E-state index is 13.8. The Morgan fingerprint density at radius 2 is 1.11 bits per heavy atom. The lowest BCUT2D eigenvalue weighted by Gasteiger charge is -2.30. The molecule has 1 unspecified atom stereocenters. The molecule has 18 nitrogen and oxygen atoms in total. The minimum absolute atomic E-state index is 0.0147. The summed E-state index contributed by atoms with van der Waals surface area (Å²) >= 11 is 0. The lowest BCUT2D eigenvalue weighted by Crippen LogP contribution is -2.52. The van der Waals surface area contributed by atoms with Gasteiger partial charge in [0.15, 0.2) is 11.6 Å². The average molecular weight is 1130 g/mol. The van der Waals surface area contributed by atoms with Crippen LogP contribution in [0, 0.1) is 46.8 Å². The molecule has 4 amide bonds. The number of ketones is 2. The van der Waals surface area contributed by atoms with Gasteiger partial charge in [0.1, 0.15) is 23.8 Å². The van der Waals surface area contributed by atoms with Crippen LogP contribution >= 0.6 is 0 Å². The number of H-pyrrole nitrogens is 2. The summed E-state index contributed by atoms with van der Waals surface area (Å²) < 4.78 is 10.8. The third-order valence-corrected chi connectivity index (χ3v) is 15.2. The molecule has 4 heterocycles. The number of Topliss-reactive ketones (excluding diaryl/α,β-unsaturated/α-hetero) is 2. The third kappa shape index (κ3) is 18.4. The third-order valence-electron chi connectivity index (χ3n) is 15.2. The molecular weight excluding hydrogens is 1050 g/mol. The zero-order valence-corrected chi connectivity index (χ0v) is 49.1. The highest BCUT2D eigenvalue weighted by molar-refractivity contribution is 6.03. The fourth-order valence-corrected chi connectivity index (χ4v) is 10.8. The second kappa shape index (κ2) is 31.3. The SMILES string of the molecule is COc1cccc2[nH]c(C(=O)C[C@@H](CC(C)C)C(=O)N[C@@H](C[C@@H]3CCNC3=O)C(C#N)N[C@@H](C)c3ccccc3)cc12.COc1cccc2[nH]c(C(=O)C[C@@H](CC(C)C)C(=O)N[C@H](C=O)C[C@@H]3CCNC3=O)cc12.C[C@H](N)c1ccccc1. The van der Waals surface area contributed by atoms with Gasteiger partial charge in [0.25, 0.3) is 0 Å². The number of rotatable bonds is 26. The minimum atomic E-state index is -0.751. The molecule has 2 aliphatic rings. The number of nitrogens with two attached hydrogens (primary N) is 1. The highest BCUT2D eigenvalue weighted by Crippen LogP contribution is 2.30. The molecule has 442 valence electrons. The quantitative estimate of drug-likeness (QED) is 0.0187. The summed E-state index contributed by atoms with van der Waals surface area (Å²) in [6.45, 7) is 13.1. The Balaban J connectivity index is 0.000000237. The van der Waals surface area contributed by atoms with Crippen molar-refractivity contribution in [1.29, 1.82) is 5.26 Å². The van der Waals surface area contributed by atoms with Crippen molar-refractivity contribution in [3.8, 4) is 17.6 Å². The van der Waals surface area contributed by atoms with Gasteiger partial charge in [-0.3, -0.25) is 34.1 Å². The fourth-order valence-electron chi connectivity index (χ4n) is 10.8. The van der Waals surface area contributed by atoms with Crippen molar-refractivity contribution < 1.29 is 43.0 Å². The Kier molecular flexibility index (Phi) is 24.2. The van der Waals surface area contributed by atoms with Crippen LogP contribution in [0.4, 0.5) is 0 Å². The molecule has 0 saturated carbocycles. The minimum Gasteiger partial charge on any atom is -0.496 e. The van der Waals surface area contributed by atoms with Crippen LogP contribution < -0.4 is 41.8 Å². The summed E-state index contributed by atoms with van der Waals surface area (Å²) in [5.74, 6) is -1.20. The van der Waals surface area contributed by atoms with Gasteiger partial charge in [-0.05, 0) is 112 Å². The maximum absolute atomic E-state index is 13.8. The van der Waals surface area contributed by atoms with E-state index in [0.29, 0.717) is 74.4 Å². The lowest BCUT2D eigenvalue weighted by atomic mass is 9.89. The number of aldehydes is 1. The molecule has 0 bridgehead atoms. The number of carbonyl (C=O) groups is 7. The Bertz CT molecular complexity index is 3170. The van der Waals surface area contributed by atoms with Crippen molar-refractivity contribution in [2.45, 2.75) is 123 Å². The molecule has 0 spiro atoms. The Morgan fingerprint density at radius 3 is 1.51 bits per heavy atom. The van der Waals surface area contributed by atoms with Crippen molar-refractivity contribution in [2.24, 2.45) is 41.2 Å². The van der Waals surface area contributed by atoms with E-state index >= 15 is 0 Å². The topological polar surface area (TPSA) is 279 Å². The van der Waals surface area contributed by atoms with Crippen molar-refractivity contribution >= 4 is 63.3 Å². The van der Waals surface area contributed by atoms with Crippen LogP contribution in [-0.4, -0.2) is 96.9 Å². The first-order valence-electron chi connectivity index (χ1n) is 28.8. The number of ether oxygens (including phenoxy) is 2. The van der Waals surface area contributed by atoms with E-state index in [1.165, 1.54) is 5.56 Å². The second-order valence-electron chi connectivity index (χ2n) is 22.6.